The molecule has 12 nitrogen and oxygen atoms in total. The number of imide groups is 2. The Hall–Kier alpha value is -5.72. The molecular formula is C38H34N4O8. The quantitative estimate of drug-likeness (QED) is 0.252. The van der Waals surface area contributed by atoms with Gasteiger partial charge in [-0.2, -0.15) is 0 Å². The number of benzene rings is 4. The first-order valence-electron chi connectivity index (χ1n) is 16.2. The van der Waals surface area contributed by atoms with Gasteiger partial charge in [0.15, 0.2) is 0 Å². The molecular weight excluding hydrogens is 640 g/mol. The normalized spacial score (nSPS) is 25.9. The zero-order valence-electron chi connectivity index (χ0n) is 27.8. The molecule has 0 spiro atoms. The average Bonchev–Trinajstić information content (AvgIpc) is 3.82. The van der Waals surface area contributed by atoms with Gasteiger partial charge in [0.1, 0.15) is 35.1 Å². The Labute approximate surface area is 288 Å². The van der Waals surface area contributed by atoms with Crippen LogP contribution in [0.4, 0.5) is 11.4 Å². The molecule has 50 heavy (non-hydrogen) atoms. The van der Waals surface area contributed by atoms with Crippen molar-refractivity contribution in [2.45, 2.75) is 24.2 Å². The number of anilines is 2. The lowest BCUT2D eigenvalue weighted by Gasteiger charge is -2.36. The highest BCUT2D eigenvalue weighted by Gasteiger charge is 2.74. The summed E-state index contributed by atoms with van der Waals surface area (Å²) >= 11 is 0. The van der Waals surface area contributed by atoms with E-state index in [0.29, 0.717) is 45.5 Å². The first kappa shape index (κ1) is 31.5. The summed E-state index contributed by atoms with van der Waals surface area (Å²) in [6.07, 6.45) is 0. The van der Waals surface area contributed by atoms with Crippen LogP contribution in [0.2, 0.25) is 0 Å². The van der Waals surface area contributed by atoms with Crippen molar-refractivity contribution < 1.29 is 38.1 Å². The molecule has 0 aromatic heterocycles. The number of carbonyl (C=O) groups is 4. The number of hydrogen-bond donors (Lipinski definition) is 0. The van der Waals surface area contributed by atoms with Crippen LogP contribution in [0.3, 0.4) is 0 Å². The van der Waals surface area contributed by atoms with Crippen molar-refractivity contribution in [1.82, 2.24) is 10.0 Å². The van der Waals surface area contributed by atoms with Crippen molar-refractivity contribution in [3.05, 3.63) is 108 Å². The Balaban J connectivity index is 1.38. The number of fused-ring (bicyclic) bond motifs is 5. The molecule has 4 aromatic carbocycles. The van der Waals surface area contributed by atoms with Crippen LogP contribution in [0.25, 0.3) is 0 Å². The Morgan fingerprint density at radius 1 is 0.440 bits per heavy atom. The van der Waals surface area contributed by atoms with Crippen molar-refractivity contribution in [1.29, 1.82) is 0 Å². The van der Waals surface area contributed by atoms with E-state index in [4.69, 9.17) is 18.9 Å². The van der Waals surface area contributed by atoms with Gasteiger partial charge in [-0.25, -0.2) is 19.8 Å². The third kappa shape index (κ3) is 4.38. The molecule has 0 aliphatic carbocycles. The summed E-state index contributed by atoms with van der Waals surface area (Å²) in [5, 5.41) is 3.58. The third-order valence-corrected chi connectivity index (χ3v) is 10.3. The lowest BCUT2D eigenvalue weighted by molar-refractivity contribution is -0.136. The number of amides is 4. The molecule has 12 heteroatoms. The molecule has 0 unspecified atom stereocenters. The fourth-order valence-corrected chi connectivity index (χ4v) is 8.24. The first-order valence-corrected chi connectivity index (χ1v) is 16.2. The summed E-state index contributed by atoms with van der Waals surface area (Å²) in [6.45, 7) is 0. The predicted octanol–water partition coefficient (Wildman–Crippen LogP) is 4.17. The van der Waals surface area contributed by atoms with Crippen LogP contribution in [0, 0.1) is 11.8 Å². The highest BCUT2D eigenvalue weighted by molar-refractivity contribution is 6.26. The van der Waals surface area contributed by atoms with Gasteiger partial charge >= 0.3 is 0 Å². The number of hydrogen-bond acceptors (Lipinski definition) is 10. The van der Waals surface area contributed by atoms with Crippen molar-refractivity contribution in [3.8, 4) is 23.0 Å². The fourth-order valence-electron chi connectivity index (χ4n) is 8.24. The minimum atomic E-state index is -1.06. The number of carbonyl (C=O) groups excluding carboxylic acids is 4. The third-order valence-electron chi connectivity index (χ3n) is 10.3. The number of rotatable bonds is 8. The Morgan fingerprint density at radius 2 is 0.820 bits per heavy atom. The lowest BCUT2D eigenvalue weighted by atomic mass is 9.83. The van der Waals surface area contributed by atoms with E-state index in [1.54, 1.807) is 94.9 Å². The summed E-state index contributed by atoms with van der Waals surface area (Å²) in [6, 6.07) is 24.2. The van der Waals surface area contributed by atoms with Crippen LogP contribution in [-0.4, -0.2) is 74.2 Å². The molecule has 4 aromatic rings. The van der Waals surface area contributed by atoms with Crippen molar-refractivity contribution >= 4 is 35.0 Å². The SMILES string of the molecule is COc1ccc([C@@H]2[C@@H]3C(=O)N(c4ccccc4)C(=O)[C@@H]3N3[C@H](c4ccc(OC)cc4OC)[C@@H]4C(=O)N(c5ccccc5)C(=O)[C@H]4N23)c(OC)c1. The Kier molecular flexibility index (Phi) is 7.57. The number of nitrogens with zero attached hydrogens (tertiary/aromatic N) is 4. The highest BCUT2D eigenvalue weighted by atomic mass is 16.5. The molecule has 8 rings (SSSR count). The first-order chi connectivity index (χ1) is 24.3. The van der Waals surface area contributed by atoms with Crippen molar-refractivity contribution in [3.63, 3.8) is 0 Å². The van der Waals surface area contributed by atoms with Gasteiger partial charge in [-0.3, -0.25) is 19.2 Å². The summed E-state index contributed by atoms with van der Waals surface area (Å²) in [5.41, 5.74) is 2.01. The maximum Gasteiger partial charge on any atom is 0.253 e. The average molecular weight is 675 g/mol. The van der Waals surface area contributed by atoms with E-state index in [-0.39, 0.29) is 0 Å². The summed E-state index contributed by atoms with van der Waals surface area (Å²) in [7, 11) is 6.11. The van der Waals surface area contributed by atoms with Gasteiger partial charge in [0.05, 0.1) is 63.7 Å². The maximum absolute atomic E-state index is 14.7. The van der Waals surface area contributed by atoms with Crippen LogP contribution < -0.4 is 28.7 Å². The second-order valence-electron chi connectivity index (χ2n) is 12.5. The zero-order chi connectivity index (χ0) is 34.8. The fraction of sp³-hybridized carbons (Fsp3) is 0.263. The van der Waals surface area contributed by atoms with E-state index >= 15 is 0 Å². The summed E-state index contributed by atoms with van der Waals surface area (Å²) < 4.78 is 22.7. The smallest absolute Gasteiger partial charge is 0.253 e. The van der Waals surface area contributed by atoms with E-state index < -0.39 is 59.6 Å². The minimum Gasteiger partial charge on any atom is -0.497 e. The van der Waals surface area contributed by atoms with Crippen LogP contribution in [0.5, 0.6) is 23.0 Å². The molecule has 4 aliphatic heterocycles. The molecule has 6 atom stereocenters. The maximum atomic E-state index is 14.7. The van der Waals surface area contributed by atoms with Crippen LogP contribution in [-0.2, 0) is 19.2 Å². The van der Waals surface area contributed by atoms with Gasteiger partial charge in [-0.15, -0.1) is 0 Å². The van der Waals surface area contributed by atoms with Crippen LogP contribution in [0.15, 0.2) is 97.1 Å². The molecule has 0 radical (unpaired) electrons. The minimum absolute atomic E-state index is 0.409. The second kappa shape index (κ2) is 12.0. The monoisotopic (exact) mass is 674 g/mol. The molecule has 4 aliphatic rings. The number of hydrazine groups is 1. The second-order valence-corrected chi connectivity index (χ2v) is 12.5. The summed E-state index contributed by atoms with van der Waals surface area (Å²) in [4.78, 5) is 61.3. The molecule has 4 heterocycles. The molecule has 4 amide bonds. The van der Waals surface area contributed by atoms with E-state index in [0.717, 1.165) is 0 Å². The molecule has 0 bridgehead atoms. The lowest BCUT2D eigenvalue weighted by Crippen LogP contribution is -2.50. The zero-order valence-corrected chi connectivity index (χ0v) is 27.8. The Bertz CT molecular complexity index is 1880. The molecule has 0 N–H and O–H groups in total. The number of para-hydroxylation sites is 2. The Morgan fingerprint density at radius 3 is 1.16 bits per heavy atom. The molecule has 254 valence electrons. The van der Waals surface area contributed by atoms with Gasteiger partial charge in [0.25, 0.3) is 11.8 Å². The predicted molar refractivity (Wildman–Crippen MR) is 181 cm³/mol. The van der Waals surface area contributed by atoms with Crippen molar-refractivity contribution in [2.24, 2.45) is 11.8 Å². The molecule has 4 fully saturated rings. The van der Waals surface area contributed by atoms with Gasteiger partial charge < -0.3 is 18.9 Å². The van der Waals surface area contributed by atoms with E-state index in [9.17, 15) is 19.2 Å². The van der Waals surface area contributed by atoms with Crippen molar-refractivity contribution in [2.75, 3.05) is 38.2 Å². The van der Waals surface area contributed by atoms with Gasteiger partial charge in [-0.05, 0) is 48.5 Å². The van der Waals surface area contributed by atoms with Gasteiger partial charge in [0.2, 0.25) is 11.8 Å². The van der Waals surface area contributed by atoms with Gasteiger partial charge in [0, 0.05) is 23.3 Å². The van der Waals surface area contributed by atoms with E-state index in [1.165, 1.54) is 38.2 Å². The topological polar surface area (TPSA) is 118 Å². The van der Waals surface area contributed by atoms with Crippen LogP contribution >= 0.6 is 0 Å². The largest absolute Gasteiger partial charge is 0.497 e. The molecule has 0 saturated carbocycles. The number of methoxy groups -OCH3 is 4. The number of ether oxygens (including phenoxy) is 4. The van der Waals surface area contributed by atoms with Gasteiger partial charge in [-0.1, -0.05) is 36.4 Å². The van der Waals surface area contributed by atoms with Crippen LogP contribution in [0.1, 0.15) is 23.2 Å². The summed E-state index contributed by atoms with van der Waals surface area (Å²) in [5.74, 6) is -1.81. The van der Waals surface area contributed by atoms with E-state index in [2.05, 4.69) is 0 Å². The highest BCUT2D eigenvalue weighted by Crippen LogP contribution is 2.61. The standard InChI is InChI=1S/C38H34N4O8/c1-47-23-15-17-25(27(19-23)49-3)31-29-33(37(45)39(35(29)43)21-11-7-5-8-12-21)42-32(26-18-16-24(48-2)20-28(26)50-4)30-34(41(31)42)38(46)40(36(30)44)22-13-9-6-10-14-22/h5-20,29-34H,1-4H3/t29-,30-,31+,32+,33-,34+/m0/s1. The molecule has 4 saturated heterocycles. The van der Waals surface area contributed by atoms with E-state index in [1.807, 2.05) is 12.1 Å².